The lowest BCUT2D eigenvalue weighted by Gasteiger charge is -2.29. The van der Waals surface area contributed by atoms with Crippen molar-refractivity contribution in [3.8, 4) is 11.5 Å². The number of hydrogen-bond donors (Lipinski definition) is 3. The van der Waals surface area contributed by atoms with E-state index in [1.165, 1.54) is 14.0 Å². The van der Waals surface area contributed by atoms with Gasteiger partial charge in [-0.25, -0.2) is 4.79 Å². The average molecular weight is 516 g/mol. The Kier molecular flexibility index (Phi) is 8.11. The molecule has 0 aliphatic carbocycles. The van der Waals surface area contributed by atoms with Crippen LogP contribution in [0.3, 0.4) is 0 Å². The van der Waals surface area contributed by atoms with E-state index in [2.05, 4.69) is 31.9 Å². The van der Waals surface area contributed by atoms with Crippen LogP contribution < -0.4 is 25.4 Å². The van der Waals surface area contributed by atoms with E-state index < -0.39 is 12.1 Å². The Labute approximate surface area is 200 Å². The van der Waals surface area contributed by atoms with Gasteiger partial charge in [0.25, 0.3) is 5.91 Å². The molecule has 2 aromatic rings. The number of allylic oxidation sites excluding steroid dienone is 1. The number of urea groups is 1. The first-order chi connectivity index (χ1) is 15.8. The van der Waals surface area contributed by atoms with E-state index in [1.807, 2.05) is 30.3 Å². The van der Waals surface area contributed by atoms with Crippen LogP contribution in [-0.4, -0.2) is 38.0 Å². The molecule has 0 spiro atoms. The maximum Gasteiger partial charge on any atom is 0.319 e. The van der Waals surface area contributed by atoms with Crippen LogP contribution >= 0.6 is 15.9 Å². The fourth-order valence-corrected chi connectivity index (χ4v) is 4.18. The number of ether oxygens (including phenoxy) is 2. The minimum absolute atomic E-state index is 0.164. The maximum absolute atomic E-state index is 12.2. The monoisotopic (exact) mass is 515 g/mol. The summed E-state index contributed by atoms with van der Waals surface area (Å²) in [7, 11) is 1.48. The number of Topliss-reactive ketones (excluding diaryl/α,β-unsaturated/α-hetero) is 1. The zero-order valence-electron chi connectivity index (χ0n) is 18.7. The molecular formula is C24H26BrN3O5. The van der Waals surface area contributed by atoms with Gasteiger partial charge in [0.15, 0.2) is 23.9 Å². The molecule has 0 saturated heterocycles. The summed E-state index contributed by atoms with van der Waals surface area (Å²) in [4.78, 5) is 36.5. The second kappa shape index (κ2) is 11.0. The van der Waals surface area contributed by atoms with Crippen LogP contribution in [0, 0.1) is 0 Å². The molecule has 0 aromatic heterocycles. The Morgan fingerprint density at radius 3 is 2.55 bits per heavy atom. The van der Waals surface area contributed by atoms with E-state index in [9.17, 15) is 14.4 Å². The molecule has 3 amide bonds. The number of nitrogens with one attached hydrogen (secondary N) is 3. The van der Waals surface area contributed by atoms with E-state index in [4.69, 9.17) is 9.47 Å². The summed E-state index contributed by atoms with van der Waals surface area (Å²) in [5.41, 5.74) is 2.71. The van der Waals surface area contributed by atoms with Gasteiger partial charge in [-0.15, -0.1) is 0 Å². The Morgan fingerprint density at radius 2 is 1.88 bits per heavy atom. The highest BCUT2D eigenvalue weighted by molar-refractivity contribution is 9.10. The van der Waals surface area contributed by atoms with Crippen LogP contribution in [0.2, 0.25) is 0 Å². The van der Waals surface area contributed by atoms with Gasteiger partial charge in [0.05, 0.1) is 13.2 Å². The lowest BCUT2D eigenvalue weighted by molar-refractivity contribution is -0.123. The molecule has 174 valence electrons. The Hall–Kier alpha value is -3.33. The average Bonchev–Trinajstić information content (AvgIpc) is 2.77. The molecule has 3 N–H and O–H groups in total. The van der Waals surface area contributed by atoms with Crippen molar-refractivity contribution in [2.45, 2.75) is 26.3 Å². The van der Waals surface area contributed by atoms with Crippen LogP contribution in [0.15, 0.2) is 58.2 Å². The summed E-state index contributed by atoms with van der Waals surface area (Å²) in [6.07, 6.45) is 0.726. The third kappa shape index (κ3) is 6.13. The van der Waals surface area contributed by atoms with Crippen molar-refractivity contribution < 1.29 is 23.9 Å². The summed E-state index contributed by atoms with van der Waals surface area (Å²) >= 11 is 3.50. The van der Waals surface area contributed by atoms with E-state index in [-0.39, 0.29) is 18.3 Å². The number of carbonyl (C=O) groups is 3. The number of hydrogen-bond acceptors (Lipinski definition) is 5. The number of amides is 3. The Morgan fingerprint density at radius 1 is 1.15 bits per heavy atom. The lowest BCUT2D eigenvalue weighted by atomic mass is 9.93. The molecule has 9 heteroatoms. The van der Waals surface area contributed by atoms with Crippen LogP contribution in [-0.2, 0) is 16.0 Å². The molecule has 1 aliphatic rings. The molecule has 8 nitrogen and oxygen atoms in total. The number of halogens is 1. The zero-order chi connectivity index (χ0) is 24.0. The summed E-state index contributed by atoms with van der Waals surface area (Å²) in [6.45, 7) is 3.45. The number of carbonyl (C=O) groups excluding carboxylic acids is 3. The van der Waals surface area contributed by atoms with Gasteiger partial charge < -0.3 is 25.4 Å². The first kappa shape index (κ1) is 24.3. The van der Waals surface area contributed by atoms with Crippen molar-refractivity contribution in [2.24, 2.45) is 0 Å². The van der Waals surface area contributed by atoms with Crippen molar-refractivity contribution in [3.63, 3.8) is 0 Å². The lowest BCUT2D eigenvalue weighted by Crippen LogP contribution is -2.44. The van der Waals surface area contributed by atoms with Gasteiger partial charge in [-0.1, -0.05) is 46.3 Å². The summed E-state index contributed by atoms with van der Waals surface area (Å²) in [6, 6.07) is 12.2. The molecule has 1 atom stereocenters. The second-order valence-electron chi connectivity index (χ2n) is 7.53. The minimum atomic E-state index is -0.658. The molecular weight excluding hydrogens is 490 g/mol. The highest BCUT2D eigenvalue weighted by atomic mass is 79.9. The number of rotatable bonds is 9. The fourth-order valence-electron chi connectivity index (χ4n) is 3.62. The second-order valence-corrected chi connectivity index (χ2v) is 8.38. The van der Waals surface area contributed by atoms with Crippen molar-refractivity contribution in [2.75, 3.05) is 20.3 Å². The molecule has 0 unspecified atom stereocenters. The smallest absolute Gasteiger partial charge is 0.319 e. The SMILES string of the molecule is COc1cc([C@H]2NC(=O)NC(C)=C2C(C)=O)c(Br)cc1OCC(=O)NCCc1ccccc1. The van der Waals surface area contributed by atoms with E-state index in [0.717, 1.165) is 12.0 Å². The molecule has 2 aromatic carbocycles. The number of benzene rings is 2. The van der Waals surface area contributed by atoms with E-state index in [0.29, 0.717) is 39.4 Å². The van der Waals surface area contributed by atoms with Crippen molar-refractivity contribution in [1.29, 1.82) is 0 Å². The topological polar surface area (TPSA) is 106 Å². The van der Waals surface area contributed by atoms with Crippen LogP contribution in [0.1, 0.15) is 31.0 Å². The third-order valence-electron chi connectivity index (χ3n) is 5.18. The van der Waals surface area contributed by atoms with Crippen molar-refractivity contribution in [1.82, 2.24) is 16.0 Å². The standard InChI is InChI=1S/C24H26BrN3O5/c1-14-22(15(2)29)23(28-24(31)27-14)17-11-19(32-3)20(12-18(17)25)33-13-21(30)26-10-9-16-7-5-4-6-8-16/h4-8,11-12,23H,9-10,13H2,1-3H3,(H,26,30)(H2,27,28,31)/t23-/m1/s1. The largest absolute Gasteiger partial charge is 0.493 e. The van der Waals surface area contributed by atoms with Gasteiger partial charge in [-0.05, 0) is 43.5 Å². The predicted octanol–water partition coefficient (Wildman–Crippen LogP) is 3.41. The molecule has 0 saturated carbocycles. The highest BCUT2D eigenvalue weighted by Gasteiger charge is 2.31. The van der Waals surface area contributed by atoms with Gasteiger partial charge in [-0.3, -0.25) is 9.59 Å². The van der Waals surface area contributed by atoms with Crippen LogP contribution in [0.4, 0.5) is 4.79 Å². The maximum atomic E-state index is 12.2. The molecule has 1 heterocycles. The minimum Gasteiger partial charge on any atom is -0.493 e. The normalized spacial score (nSPS) is 15.4. The summed E-state index contributed by atoms with van der Waals surface area (Å²) in [5.74, 6) is 0.315. The highest BCUT2D eigenvalue weighted by Crippen LogP contribution is 2.39. The van der Waals surface area contributed by atoms with E-state index in [1.54, 1.807) is 19.1 Å². The number of ketones is 1. The summed E-state index contributed by atoms with van der Waals surface area (Å²) < 4.78 is 11.7. The van der Waals surface area contributed by atoms with Crippen LogP contribution in [0.5, 0.6) is 11.5 Å². The third-order valence-corrected chi connectivity index (χ3v) is 5.87. The van der Waals surface area contributed by atoms with Gasteiger partial charge in [0.1, 0.15) is 0 Å². The first-order valence-electron chi connectivity index (χ1n) is 10.4. The first-order valence-corrected chi connectivity index (χ1v) is 11.2. The molecule has 3 rings (SSSR count). The molecule has 33 heavy (non-hydrogen) atoms. The zero-order valence-corrected chi connectivity index (χ0v) is 20.2. The molecule has 0 bridgehead atoms. The van der Waals surface area contributed by atoms with E-state index >= 15 is 0 Å². The van der Waals surface area contributed by atoms with Gasteiger partial charge in [0.2, 0.25) is 0 Å². The number of methoxy groups -OCH3 is 1. The van der Waals surface area contributed by atoms with Gasteiger partial charge >= 0.3 is 6.03 Å². The molecule has 1 aliphatic heterocycles. The van der Waals surface area contributed by atoms with Gasteiger partial charge in [-0.2, -0.15) is 0 Å². The van der Waals surface area contributed by atoms with Gasteiger partial charge in [0, 0.05) is 22.3 Å². The Balaban J connectivity index is 1.70. The van der Waals surface area contributed by atoms with Crippen molar-refractivity contribution in [3.05, 3.63) is 69.3 Å². The quantitative estimate of drug-likeness (QED) is 0.474. The summed E-state index contributed by atoms with van der Waals surface area (Å²) in [5, 5.41) is 8.23. The predicted molar refractivity (Wildman–Crippen MR) is 127 cm³/mol. The molecule has 0 fully saturated rings. The molecule has 0 radical (unpaired) electrons. The van der Waals surface area contributed by atoms with Crippen LogP contribution in [0.25, 0.3) is 0 Å². The fraction of sp³-hybridized carbons (Fsp3) is 0.292. The van der Waals surface area contributed by atoms with Crippen molar-refractivity contribution >= 4 is 33.7 Å². The Bertz CT molecular complexity index is 1090.